The molecule has 0 aliphatic carbocycles. The normalized spacial score (nSPS) is 10.6. The zero-order valence-corrected chi connectivity index (χ0v) is 21.4. The quantitative estimate of drug-likeness (QED) is 0.329. The number of hydrogen-bond acceptors (Lipinski definition) is 6. The van der Waals surface area contributed by atoms with Crippen molar-refractivity contribution in [1.29, 1.82) is 0 Å². The molecule has 0 bridgehead atoms. The molecule has 3 aromatic carbocycles. The molecular formula is C24H27Cl2N3O3S. The Balaban J connectivity index is 0.00000193. The fourth-order valence-electron chi connectivity index (χ4n) is 3.45. The molecule has 33 heavy (non-hydrogen) atoms. The van der Waals surface area contributed by atoms with Crippen LogP contribution in [-0.4, -0.2) is 57.2 Å². The maximum atomic E-state index is 13.6. The number of methoxy groups -OCH3 is 2. The minimum Gasteiger partial charge on any atom is -0.495 e. The number of aromatic nitrogens is 1. The zero-order valence-electron chi connectivity index (χ0n) is 18.9. The second-order valence-corrected chi connectivity index (χ2v) is 8.44. The molecule has 1 amide bonds. The van der Waals surface area contributed by atoms with Crippen LogP contribution in [0.3, 0.4) is 0 Å². The molecule has 0 aliphatic heterocycles. The van der Waals surface area contributed by atoms with Crippen LogP contribution < -0.4 is 14.4 Å². The standard InChI is InChI=1S/C24H25N3O3S.2ClH/c1-26(2)13-14-27(23(28)18-10-9-16-7-5-6-8-17(16)15-18)24-25-21-19(29-3)11-12-20(30-4)22(21)31-24;;/h5-12,15H,13-14H2,1-4H3;2*1H. The number of carbonyl (C=O) groups is 1. The van der Waals surface area contributed by atoms with Gasteiger partial charge < -0.3 is 14.4 Å². The van der Waals surface area contributed by atoms with E-state index >= 15 is 0 Å². The van der Waals surface area contributed by atoms with E-state index in [1.165, 1.54) is 11.3 Å². The number of thiazole rings is 1. The summed E-state index contributed by atoms with van der Waals surface area (Å²) in [6.45, 7) is 1.23. The summed E-state index contributed by atoms with van der Waals surface area (Å²) in [5.41, 5.74) is 1.33. The van der Waals surface area contributed by atoms with Crippen molar-refractivity contribution in [3.63, 3.8) is 0 Å². The van der Waals surface area contributed by atoms with E-state index in [4.69, 9.17) is 14.5 Å². The van der Waals surface area contributed by atoms with E-state index in [1.807, 2.05) is 68.7 Å². The molecule has 0 unspecified atom stereocenters. The number of carbonyl (C=O) groups excluding carboxylic acids is 1. The minimum atomic E-state index is -0.0791. The lowest BCUT2D eigenvalue weighted by Crippen LogP contribution is -2.36. The SMILES string of the molecule is COc1ccc(OC)c2sc(N(CCN(C)C)C(=O)c3ccc4ccccc4c3)nc12.Cl.Cl. The fourth-order valence-corrected chi connectivity index (χ4v) is 4.55. The molecule has 1 aromatic heterocycles. The van der Waals surface area contributed by atoms with Gasteiger partial charge in [0, 0.05) is 18.7 Å². The Morgan fingerprint density at radius 3 is 2.24 bits per heavy atom. The van der Waals surface area contributed by atoms with Gasteiger partial charge in [-0.15, -0.1) is 24.8 Å². The molecule has 4 aromatic rings. The van der Waals surface area contributed by atoms with Crippen molar-refractivity contribution in [2.75, 3.05) is 46.3 Å². The van der Waals surface area contributed by atoms with Crippen molar-refractivity contribution in [2.45, 2.75) is 0 Å². The first-order chi connectivity index (χ1) is 15.0. The third kappa shape index (κ3) is 5.50. The van der Waals surface area contributed by atoms with Crippen LogP contribution in [0, 0.1) is 0 Å². The topological polar surface area (TPSA) is 54.9 Å². The third-order valence-electron chi connectivity index (χ3n) is 5.14. The van der Waals surface area contributed by atoms with Crippen LogP contribution in [0.1, 0.15) is 10.4 Å². The lowest BCUT2D eigenvalue weighted by atomic mass is 10.1. The molecule has 0 spiro atoms. The van der Waals surface area contributed by atoms with Gasteiger partial charge in [-0.25, -0.2) is 4.98 Å². The monoisotopic (exact) mass is 507 g/mol. The van der Waals surface area contributed by atoms with Gasteiger partial charge in [-0.3, -0.25) is 9.69 Å². The van der Waals surface area contributed by atoms with Crippen molar-refractivity contribution in [1.82, 2.24) is 9.88 Å². The Kier molecular flexibility index (Phi) is 9.31. The van der Waals surface area contributed by atoms with Crippen LogP contribution in [0.25, 0.3) is 21.0 Å². The summed E-state index contributed by atoms with van der Waals surface area (Å²) in [5, 5.41) is 2.76. The molecule has 6 nitrogen and oxygen atoms in total. The van der Waals surface area contributed by atoms with Gasteiger partial charge in [-0.1, -0.05) is 41.7 Å². The number of halogens is 2. The van der Waals surface area contributed by atoms with Crippen LogP contribution in [0.2, 0.25) is 0 Å². The van der Waals surface area contributed by atoms with Crippen molar-refractivity contribution < 1.29 is 14.3 Å². The van der Waals surface area contributed by atoms with E-state index in [-0.39, 0.29) is 30.7 Å². The van der Waals surface area contributed by atoms with Gasteiger partial charge >= 0.3 is 0 Å². The predicted molar refractivity (Wildman–Crippen MR) is 141 cm³/mol. The van der Waals surface area contributed by atoms with Crippen LogP contribution in [0.4, 0.5) is 5.13 Å². The van der Waals surface area contributed by atoms with E-state index in [0.717, 1.165) is 15.5 Å². The van der Waals surface area contributed by atoms with Gasteiger partial charge in [-0.05, 0) is 49.1 Å². The van der Waals surface area contributed by atoms with Gasteiger partial charge in [0.25, 0.3) is 5.91 Å². The van der Waals surface area contributed by atoms with E-state index in [2.05, 4.69) is 4.90 Å². The summed E-state index contributed by atoms with van der Waals surface area (Å²) < 4.78 is 11.9. The molecule has 0 atom stereocenters. The number of ether oxygens (including phenoxy) is 2. The summed E-state index contributed by atoms with van der Waals surface area (Å²) in [5.74, 6) is 1.29. The molecule has 9 heteroatoms. The Hall–Kier alpha value is -2.58. The Morgan fingerprint density at radius 1 is 0.909 bits per heavy atom. The van der Waals surface area contributed by atoms with Crippen LogP contribution in [0.5, 0.6) is 11.5 Å². The van der Waals surface area contributed by atoms with Gasteiger partial charge in [0.1, 0.15) is 21.7 Å². The molecule has 0 radical (unpaired) electrons. The summed E-state index contributed by atoms with van der Waals surface area (Å²) in [7, 11) is 7.22. The first-order valence-corrected chi connectivity index (χ1v) is 10.8. The minimum absolute atomic E-state index is 0. The Morgan fingerprint density at radius 2 is 1.58 bits per heavy atom. The number of anilines is 1. The average molecular weight is 508 g/mol. The van der Waals surface area contributed by atoms with Crippen molar-refractivity contribution >= 4 is 68.2 Å². The maximum absolute atomic E-state index is 13.6. The molecule has 0 N–H and O–H groups in total. The lowest BCUT2D eigenvalue weighted by Gasteiger charge is -2.22. The highest BCUT2D eigenvalue weighted by Crippen LogP contribution is 2.40. The first-order valence-electron chi connectivity index (χ1n) is 9.98. The van der Waals surface area contributed by atoms with Crippen molar-refractivity contribution in [3.05, 3.63) is 60.2 Å². The van der Waals surface area contributed by atoms with Crippen molar-refractivity contribution in [3.8, 4) is 11.5 Å². The molecule has 1 heterocycles. The number of nitrogens with zero attached hydrogens (tertiary/aromatic N) is 3. The van der Waals surface area contributed by atoms with E-state index in [9.17, 15) is 4.79 Å². The predicted octanol–water partition coefficient (Wildman–Crippen LogP) is 5.52. The maximum Gasteiger partial charge on any atom is 0.260 e. The van der Waals surface area contributed by atoms with Crippen LogP contribution in [0.15, 0.2) is 54.6 Å². The summed E-state index contributed by atoms with van der Waals surface area (Å²) in [6.07, 6.45) is 0. The Labute approximate surface area is 209 Å². The highest BCUT2D eigenvalue weighted by molar-refractivity contribution is 7.22. The van der Waals surface area contributed by atoms with Gasteiger partial charge in [-0.2, -0.15) is 0 Å². The molecule has 0 saturated carbocycles. The van der Waals surface area contributed by atoms with E-state index in [1.54, 1.807) is 19.1 Å². The first kappa shape index (κ1) is 26.7. The molecular weight excluding hydrogens is 481 g/mol. The third-order valence-corrected chi connectivity index (χ3v) is 6.24. The highest BCUT2D eigenvalue weighted by Gasteiger charge is 2.24. The number of amides is 1. The summed E-state index contributed by atoms with van der Waals surface area (Å²) in [6, 6.07) is 17.5. The fraction of sp³-hybridized carbons (Fsp3) is 0.250. The van der Waals surface area contributed by atoms with Gasteiger partial charge in [0.15, 0.2) is 5.13 Å². The van der Waals surface area contributed by atoms with Crippen molar-refractivity contribution in [2.24, 2.45) is 0 Å². The largest absolute Gasteiger partial charge is 0.495 e. The number of rotatable bonds is 7. The van der Waals surface area contributed by atoms with Gasteiger partial charge in [0.05, 0.1) is 14.2 Å². The average Bonchev–Trinajstić information content (AvgIpc) is 3.23. The molecule has 0 fully saturated rings. The number of fused-ring (bicyclic) bond motifs is 2. The lowest BCUT2D eigenvalue weighted by molar-refractivity contribution is 0.0985. The smallest absolute Gasteiger partial charge is 0.260 e. The van der Waals surface area contributed by atoms with Crippen LogP contribution in [-0.2, 0) is 0 Å². The van der Waals surface area contributed by atoms with Crippen LogP contribution >= 0.6 is 36.2 Å². The number of benzene rings is 3. The number of hydrogen-bond donors (Lipinski definition) is 0. The number of likely N-dealkylation sites (N-methyl/N-ethyl adjacent to an activating group) is 1. The van der Waals surface area contributed by atoms with Gasteiger partial charge in [0.2, 0.25) is 0 Å². The molecule has 4 rings (SSSR count). The molecule has 0 aliphatic rings. The highest BCUT2D eigenvalue weighted by atomic mass is 35.5. The second kappa shape index (κ2) is 11.5. The molecule has 176 valence electrons. The Bertz CT molecular complexity index is 1210. The summed E-state index contributed by atoms with van der Waals surface area (Å²) >= 11 is 1.43. The molecule has 0 saturated heterocycles. The van der Waals surface area contributed by atoms with E-state index in [0.29, 0.717) is 40.8 Å². The zero-order chi connectivity index (χ0) is 22.0. The second-order valence-electron chi connectivity index (χ2n) is 7.47. The summed E-state index contributed by atoms with van der Waals surface area (Å²) in [4.78, 5) is 22.2. The van der Waals surface area contributed by atoms with E-state index < -0.39 is 0 Å².